The predicted molar refractivity (Wildman–Crippen MR) is 66.1 cm³/mol. The van der Waals surface area contributed by atoms with Crippen LogP contribution in [0.4, 0.5) is 5.69 Å². The van der Waals surface area contributed by atoms with Crippen LogP contribution >= 0.6 is 11.8 Å². The number of esters is 1. The summed E-state index contributed by atoms with van der Waals surface area (Å²) in [5.74, 6) is -0.139. The summed E-state index contributed by atoms with van der Waals surface area (Å²) < 4.78 is 4.93. The first-order valence-corrected chi connectivity index (χ1v) is 6.48. The Bertz CT molecular complexity index is 406. The van der Waals surface area contributed by atoms with Crippen molar-refractivity contribution in [2.24, 2.45) is 0 Å². The maximum Gasteiger partial charge on any atom is 0.325 e. The van der Waals surface area contributed by atoms with Gasteiger partial charge in [-0.2, -0.15) is 0 Å². The van der Waals surface area contributed by atoms with Crippen LogP contribution in [0.5, 0.6) is 0 Å². The number of cyclic esters (lactones) is 1. The Hall–Kier alpha value is -1.16. The molecule has 0 atom stereocenters. The molecule has 0 spiro atoms. The second-order valence-electron chi connectivity index (χ2n) is 3.79. The zero-order valence-corrected chi connectivity index (χ0v) is 10.3. The first-order valence-electron chi connectivity index (χ1n) is 5.26. The van der Waals surface area contributed by atoms with Crippen LogP contribution in [0, 0.1) is 6.92 Å². The van der Waals surface area contributed by atoms with Crippen LogP contribution in [0.1, 0.15) is 5.56 Å². The molecular weight excluding hydrogens is 222 g/mol. The SMILES string of the molecule is CSc1ccc(N2CCOC(=O)C2)c(C)c1. The van der Waals surface area contributed by atoms with Gasteiger partial charge in [-0.05, 0) is 36.9 Å². The molecule has 0 radical (unpaired) electrons. The zero-order valence-electron chi connectivity index (χ0n) is 9.53. The fraction of sp³-hybridized carbons (Fsp3) is 0.417. The molecule has 0 N–H and O–H groups in total. The number of carbonyl (C=O) groups is 1. The Labute approximate surface area is 99.8 Å². The summed E-state index contributed by atoms with van der Waals surface area (Å²) in [5, 5.41) is 0. The van der Waals surface area contributed by atoms with Crippen LogP contribution in [-0.2, 0) is 9.53 Å². The highest BCUT2D eigenvalue weighted by atomic mass is 32.2. The molecule has 0 bridgehead atoms. The van der Waals surface area contributed by atoms with Gasteiger partial charge >= 0.3 is 5.97 Å². The number of hydrogen-bond donors (Lipinski definition) is 0. The van der Waals surface area contributed by atoms with Gasteiger partial charge in [-0.3, -0.25) is 4.79 Å². The maximum atomic E-state index is 11.2. The van der Waals surface area contributed by atoms with Gasteiger partial charge in [0.2, 0.25) is 0 Å². The molecule has 0 unspecified atom stereocenters. The van der Waals surface area contributed by atoms with E-state index in [1.165, 1.54) is 10.5 Å². The second kappa shape index (κ2) is 4.78. The largest absolute Gasteiger partial charge is 0.462 e. The first-order chi connectivity index (χ1) is 7.70. The monoisotopic (exact) mass is 237 g/mol. The highest BCUT2D eigenvalue weighted by molar-refractivity contribution is 7.98. The average Bonchev–Trinajstić information content (AvgIpc) is 2.28. The Morgan fingerprint density at radius 2 is 2.25 bits per heavy atom. The molecule has 86 valence electrons. The third-order valence-corrected chi connectivity index (χ3v) is 3.41. The molecule has 0 amide bonds. The van der Waals surface area contributed by atoms with E-state index in [1.807, 2.05) is 0 Å². The van der Waals surface area contributed by atoms with Crippen LogP contribution in [0.25, 0.3) is 0 Å². The molecule has 4 heteroatoms. The van der Waals surface area contributed by atoms with Gasteiger partial charge in [0.1, 0.15) is 13.2 Å². The minimum absolute atomic E-state index is 0.139. The van der Waals surface area contributed by atoms with E-state index < -0.39 is 0 Å². The molecule has 0 saturated carbocycles. The van der Waals surface area contributed by atoms with Crippen LogP contribution in [0.3, 0.4) is 0 Å². The van der Waals surface area contributed by atoms with E-state index in [9.17, 15) is 4.79 Å². The minimum Gasteiger partial charge on any atom is -0.462 e. The average molecular weight is 237 g/mol. The van der Waals surface area contributed by atoms with E-state index in [4.69, 9.17) is 4.74 Å². The van der Waals surface area contributed by atoms with Crippen LogP contribution in [0.2, 0.25) is 0 Å². The van der Waals surface area contributed by atoms with Crippen molar-refractivity contribution in [3.63, 3.8) is 0 Å². The van der Waals surface area contributed by atoms with Gasteiger partial charge < -0.3 is 9.64 Å². The van der Waals surface area contributed by atoms with Gasteiger partial charge in [0.15, 0.2) is 0 Å². The Morgan fingerprint density at radius 3 is 2.88 bits per heavy atom. The van der Waals surface area contributed by atoms with E-state index in [0.717, 1.165) is 12.2 Å². The molecule has 1 fully saturated rings. The normalized spacial score (nSPS) is 16.1. The molecule has 1 aromatic carbocycles. The van der Waals surface area contributed by atoms with E-state index >= 15 is 0 Å². The number of benzene rings is 1. The van der Waals surface area contributed by atoms with Crippen molar-refractivity contribution < 1.29 is 9.53 Å². The number of carbonyl (C=O) groups excluding carboxylic acids is 1. The smallest absolute Gasteiger partial charge is 0.325 e. The van der Waals surface area contributed by atoms with Crippen molar-refractivity contribution in [3.05, 3.63) is 23.8 Å². The highest BCUT2D eigenvalue weighted by Gasteiger charge is 2.19. The molecule has 2 rings (SSSR count). The quantitative estimate of drug-likeness (QED) is 0.582. The Kier molecular flexibility index (Phi) is 3.39. The van der Waals surface area contributed by atoms with Crippen molar-refractivity contribution in [3.8, 4) is 0 Å². The molecule has 1 saturated heterocycles. The summed E-state index contributed by atoms with van der Waals surface area (Å²) in [6.45, 7) is 3.71. The number of ether oxygens (including phenoxy) is 1. The molecule has 16 heavy (non-hydrogen) atoms. The van der Waals surface area contributed by atoms with E-state index in [-0.39, 0.29) is 5.97 Å². The van der Waals surface area contributed by atoms with Gasteiger partial charge in [0.25, 0.3) is 0 Å². The molecule has 0 aliphatic carbocycles. The highest BCUT2D eigenvalue weighted by Crippen LogP contribution is 2.25. The van der Waals surface area contributed by atoms with Crippen molar-refractivity contribution in [2.75, 3.05) is 30.9 Å². The molecule has 0 aromatic heterocycles. The van der Waals surface area contributed by atoms with Gasteiger partial charge in [-0.15, -0.1) is 11.8 Å². The van der Waals surface area contributed by atoms with Crippen LogP contribution in [-0.4, -0.2) is 31.9 Å². The lowest BCUT2D eigenvalue weighted by Gasteiger charge is -2.29. The lowest BCUT2D eigenvalue weighted by Crippen LogP contribution is -2.40. The molecule has 1 aliphatic rings. The summed E-state index contributed by atoms with van der Waals surface area (Å²) in [6, 6.07) is 6.33. The number of nitrogens with zero attached hydrogens (tertiary/aromatic N) is 1. The standard InChI is InChI=1S/C12H15NO2S/c1-9-7-10(16-2)3-4-11(9)13-5-6-15-12(14)8-13/h3-4,7H,5-6,8H2,1-2H3. The summed E-state index contributed by atoms with van der Waals surface area (Å²) in [5.41, 5.74) is 2.34. The van der Waals surface area contributed by atoms with E-state index in [0.29, 0.717) is 13.2 Å². The van der Waals surface area contributed by atoms with Gasteiger partial charge in [0, 0.05) is 10.6 Å². The molecule has 3 nitrogen and oxygen atoms in total. The number of anilines is 1. The Balaban J connectivity index is 2.22. The predicted octanol–water partition coefficient (Wildman–Crippen LogP) is 2.08. The van der Waals surface area contributed by atoms with Crippen molar-refractivity contribution in [2.45, 2.75) is 11.8 Å². The number of thioether (sulfide) groups is 1. The fourth-order valence-electron chi connectivity index (χ4n) is 1.87. The van der Waals surface area contributed by atoms with Gasteiger partial charge in [0.05, 0.1) is 6.54 Å². The van der Waals surface area contributed by atoms with Crippen LogP contribution in [0.15, 0.2) is 23.1 Å². The number of hydrogen-bond acceptors (Lipinski definition) is 4. The van der Waals surface area contributed by atoms with E-state index in [1.54, 1.807) is 11.8 Å². The van der Waals surface area contributed by atoms with E-state index in [2.05, 4.69) is 36.3 Å². The lowest BCUT2D eigenvalue weighted by molar-refractivity contribution is -0.143. The number of rotatable bonds is 2. The maximum absolute atomic E-state index is 11.2. The summed E-state index contributed by atoms with van der Waals surface area (Å²) in [6.07, 6.45) is 2.06. The summed E-state index contributed by atoms with van der Waals surface area (Å²) in [7, 11) is 0. The first kappa shape index (κ1) is 11.3. The Morgan fingerprint density at radius 1 is 1.44 bits per heavy atom. The topological polar surface area (TPSA) is 29.5 Å². The summed E-state index contributed by atoms with van der Waals surface area (Å²) >= 11 is 1.73. The van der Waals surface area contributed by atoms with Gasteiger partial charge in [-0.25, -0.2) is 0 Å². The molecule has 1 aliphatic heterocycles. The lowest BCUT2D eigenvalue weighted by atomic mass is 10.1. The molecular formula is C12H15NO2S. The molecule has 1 heterocycles. The second-order valence-corrected chi connectivity index (χ2v) is 4.67. The number of morpholine rings is 1. The molecule has 1 aromatic rings. The van der Waals surface area contributed by atoms with Crippen LogP contribution < -0.4 is 4.90 Å². The van der Waals surface area contributed by atoms with Crippen molar-refractivity contribution in [1.82, 2.24) is 0 Å². The number of aryl methyl sites for hydroxylation is 1. The zero-order chi connectivity index (χ0) is 11.5. The van der Waals surface area contributed by atoms with Crippen molar-refractivity contribution >= 4 is 23.4 Å². The third kappa shape index (κ3) is 2.32. The third-order valence-electron chi connectivity index (χ3n) is 2.69. The minimum atomic E-state index is -0.139. The van der Waals surface area contributed by atoms with Gasteiger partial charge in [-0.1, -0.05) is 0 Å². The fourth-order valence-corrected chi connectivity index (χ4v) is 2.36. The summed E-state index contributed by atoms with van der Waals surface area (Å²) in [4.78, 5) is 14.5. The van der Waals surface area contributed by atoms with Crippen molar-refractivity contribution in [1.29, 1.82) is 0 Å².